The second-order valence-corrected chi connectivity index (χ2v) is 6.52. The Balaban J connectivity index is 2.68. The molecule has 0 aliphatic heterocycles. The number of nitro benzene ring substituents is 1. The molecule has 0 aliphatic rings. The van der Waals surface area contributed by atoms with Gasteiger partial charge in [0.15, 0.2) is 5.82 Å². The van der Waals surface area contributed by atoms with E-state index in [-0.39, 0.29) is 17.8 Å². The first-order chi connectivity index (χ1) is 9.74. The zero-order valence-electron chi connectivity index (χ0n) is 12.0. The van der Waals surface area contributed by atoms with Crippen molar-refractivity contribution in [1.82, 2.24) is 14.8 Å². The van der Waals surface area contributed by atoms with Gasteiger partial charge in [0.25, 0.3) is 5.69 Å². The summed E-state index contributed by atoms with van der Waals surface area (Å²) >= 11 is 3.29. The summed E-state index contributed by atoms with van der Waals surface area (Å²) in [5, 5.41) is 19.2. The van der Waals surface area contributed by atoms with E-state index >= 15 is 0 Å². The number of rotatable bonds is 3. The van der Waals surface area contributed by atoms with Gasteiger partial charge in [-0.2, -0.15) is 0 Å². The SMILES string of the molecule is CC(C)(C)n1c(CN)nnc1-c1cc(Br)cc([N+](=O)[O-])c1. The number of aromatic nitrogens is 3. The van der Waals surface area contributed by atoms with Crippen molar-refractivity contribution in [2.24, 2.45) is 5.73 Å². The molecule has 1 heterocycles. The van der Waals surface area contributed by atoms with E-state index in [2.05, 4.69) is 26.1 Å². The van der Waals surface area contributed by atoms with Crippen molar-refractivity contribution in [1.29, 1.82) is 0 Å². The highest BCUT2D eigenvalue weighted by molar-refractivity contribution is 9.10. The molecule has 0 fully saturated rings. The van der Waals surface area contributed by atoms with Crippen molar-refractivity contribution in [2.75, 3.05) is 0 Å². The minimum Gasteiger partial charge on any atom is -0.324 e. The summed E-state index contributed by atoms with van der Waals surface area (Å²) in [5.41, 5.74) is 6.04. The van der Waals surface area contributed by atoms with Gasteiger partial charge in [-0.3, -0.25) is 10.1 Å². The Labute approximate surface area is 130 Å². The second-order valence-electron chi connectivity index (χ2n) is 5.61. The Morgan fingerprint density at radius 2 is 2.00 bits per heavy atom. The number of halogens is 1. The van der Waals surface area contributed by atoms with Crippen molar-refractivity contribution in [3.05, 3.63) is 38.6 Å². The van der Waals surface area contributed by atoms with E-state index in [1.165, 1.54) is 12.1 Å². The first kappa shape index (κ1) is 15.6. The monoisotopic (exact) mass is 353 g/mol. The van der Waals surface area contributed by atoms with Crippen LogP contribution in [0.2, 0.25) is 0 Å². The second kappa shape index (κ2) is 5.53. The molecule has 0 spiro atoms. The van der Waals surface area contributed by atoms with Crippen LogP contribution in [0.1, 0.15) is 26.6 Å². The third-order valence-corrected chi connectivity index (χ3v) is 3.39. The largest absolute Gasteiger partial charge is 0.324 e. The highest BCUT2D eigenvalue weighted by Gasteiger charge is 2.24. The summed E-state index contributed by atoms with van der Waals surface area (Å²) in [6.07, 6.45) is 0. The lowest BCUT2D eigenvalue weighted by atomic mass is 10.1. The summed E-state index contributed by atoms with van der Waals surface area (Å²) in [5.74, 6) is 1.20. The molecule has 0 unspecified atom stereocenters. The van der Waals surface area contributed by atoms with E-state index in [9.17, 15) is 10.1 Å². The van der Waals surface area contributed by atoms with Crippen molar-refractivity contribution in [2.45, 2.75) is 32.9 Å². The maximum atomic E-state index is 11.0. The number of nitrogens with two attached hydrogens (primary N) is 1. The lowest BCUT2D eigenvalue weighted by molar-refractivity contribution is -0.384. The molecule has 2 N–H and O–H groups in total. The summed E-state index contributed by atoms with van der Waals surface area (Å²) in [4.78, 5) is 10.6. The van der Waals surface area contributed by atoms with Gasteiger partial charge in [0.1, 0.15) is 5.82 Å². The van der Waals surface area contributed by atoms with Crippen molar-refractivity contribution in [3.8, 4) is 11.4 Å². The van der Waals surface area contributed by atoms with Gasteiger partial charge < -0.3 is 10.3 Å². The quantitative estimate of drug-likeness (QED) is 0.675. The zero-order chi connectivity index (χ0) is 15.8. The molecular weight excluding hydrogens is 338 g/mol. The van der Waals surface area contributed by atoms with Crippen molar-refractivity contribution < 1.29 is 4.92 Å². The van der Waals surface area contributed by atoms with Crippen LogP contribution in [-0.2, 0) is 12.1 Å². The molecule has 8 heteroatoms. The van der Waals surface area contributed by atoms with Gasteiger partial charge in [0.2, 0.25) is 0 Å². The summed E-state index contributed by atoms with van der Waals surface area (Å²) in [7, 11) is 0. The molecule has 0 aliphatic carbocycles. The molecule has 0 saturated heterocycles. The van der Waals surface area contributed by atoms with Gasteiger partial charge in [0.05, 0.1) is 11.5 Å². The molecule has 7 nitrogen and oxygen atoms in total. The molecule has 2 rings (SSSR count). The lowest BCUT2D eigenvalue weighted by Gasteiger charge is -2.24. The number of hydrogen-bond donors (Lipinski definition) is 1. The molecule has 112 valence electrons. The minimum atomic E-state index is -0.435. The first-order valence-corrected chi connectivity index (χ1v) is 7.13. The van der Waals surface area contributed by atoms with Gasteiger partial charge in [-0.1, -0.05) is 15.9 Å². The third-order valence-electron chi connectivity index (χ3n) is 2.94. The maximum absolute atomic E-state index is 11.0. The van der Waals surface area contributed by atoms with E-state index < -0.39 is 4.92 Å². The fourth-order valence-electron chi connectivity index (χ4n) is 2.15. The van der Waals surface area contributed by atoms with Crippen LogP contribution in [0.5, 0.6) is 0 Å². The molecular formula is C13H16BrN5O2. The van der Waals surface area contributed by atoms with Gasteiger partial charge in [-0.25, -0.2) is 0 Å². The summed E-state index contributed by atoms with van der Waals surface area (Å²) in [6.45, 7) is 6.27. The van der Waals surface area contributed by atoms with Crippen LogP contribution in [-0.4, -0.2) is 19.7 Å². The molecule has 0 amide bonds. The van der Waals surface area contributed by atoms with Crippen LogP contribution in [0.3, 0.4) is 0 Å². The maximum Gasteiger partial charge on any atom is 0.271 e. The van der Waals surface area contributed by atoms with E-state index in [0.29, 0.717) is 21.7 Å². The Morgan fingerprint density at radius 3 is 2.52 bits per heavy atom. The van der Waals surface area contributed by atoms with Crippen LogP contribution in [0.4, 0.5) is 5.69 Å². The van der Waals surface area contributed by atoms with Crippen LogP contribution < -0.4 is 5.73 Å². The molecule has 0 radical (unpaired) electrons. The Bertz CT molecular complexity index is 690. The van der Waals surface area contributed by atoms with Crippen molar-refractivity contribution >= 4 is 21.6 Å². The molecule has 0 bridgehead atoms. The molecule has 2 aromatic rings. The average molecular weight is 354 g/mol. The fraction of sp³-hybridized carbons (Fsp3) is 0.385. The van der Waals surface area contributed by atoms with Crippen LogP contribution in [0, 0.1) is 10.1 Å². The fourth-order valence-corrected chi connectivity index (χ4v) is 2.63. The van der Waals surface area contributed by atoms with Crippen LogP contribution >= 0.6 is 15.9 Å². The normalized spacial score (nSPS) is 11.7. The van der Waals surface area contributed by atoms with Crippen LogP contribution in [0.15, 0.2) is 22.7 Å². The van der Waals surface area contributed by atoms with E-state index in [1.807, 2.05) is 25.3 Å². The summed E-state index contributed by atoms with van der Waals surface area (Å²) in [6, 6.07) is 4.71. The Hall–Kier alpha value is -1.80. The smallest absolute Gasteiger partial charge is 0.271 e. The van der Waals surface area contributed by atoms with E-state index in [1.54, 1.807) is 6.07 Å². The standard InChI is InChI=1S/C13H16BrN5O2/c1-13(2,3)18-11(7-15)16-17-12(18)8-4-9(14)6-10(5-8)19(20)21/h4-6H,7,15H2,1-3H3. The van der Waals surface area contributed by atoms with Gasteiger partial charge in [-0.05, 0) is 26.8 Å². The highest BCUT2D eigenvalue weighted by Crippen LogP contribution is 2.31. The van der Waals surface area contributed by atoms with Gasteiger partial charge in [0, 0.05) is 27.7 Å². The number of non-ortho nitro benzene ring substituents is 1. The van der Waals surface area contributed by atoms with E-state index in [4.69, 9.17) is 5.73 Å². The molecule has 21 heavy (non-hydrogen) atoms. The molecule has 1 aromatic carbocycles. The topological polar surface area (TPSA) is 99.9 Å². The van der Waals surface area contributed by atoms with Gasteiger partial charge in [-0.15, -0.1) is 10.2 Å². The lowest BCUT2D eigenvalue weighted by Crippen LogP contribution is -2.26. The van der Waals surface area contributed by atoms with Crippen molar-refractivity contribution in [3.63, 3.8) is 0 Å². The highest BCUT2D eigenvalue weighted by atomic mass is 79.9. The average Bonchev–Trinajstić information content (AvgIpc) is 2.81. The number of nitrogens with zero attached hydrogens (tertiary/aromatic N) is 4. The minimum absolute atomic E-state index is 0.00265. The first-order valence-electron chi connectivity index (χ1n) is 6.34. The number of nitro groups is 1. The predicted octanol–water partition coefficient (Wildman–Crippen LogP) is 2.83. The molecule has 1 aromatic heterocycles. The Morgan fingerprint density at radius 1 is 1.33 bits per heavy atom. The zero-order valence-corrected chi connectivity index (χ0v) is 13.6. The summed E-state index contributed by atoms with van der Waals surface area (Å²) < 4.78 is 2.52. The Kier molecular flexibility index (Phi) is 4.11. The number of hydrogen-bond acceptors (Lipinski definition) is 5. The van der Waals surface area contributed by atoms with E-state index in [0.717, 1.165) is 0 Å². The molecule has 0 atom stereocenters. The third kappa shape index (κ3) is 3.11. The van der Waals surface area contributed by atoms with Gasteiger partial charge >= 0.3 is 0 Å². The molecule has 0 saturated carbocycles. The van der Waals surface area contributed by atoms with Crippen LogP contribution in [0.25, 0.3) is 11.4 Å². The number of benzene rings is 1. The predicted molar refractivity (Wildman–Crippen MR) is 82.7 cm³/mol.